The molecule has 0 spiro atoms. The molecule has 0 radical (unpaired) electrons. The van der Waals surface area contributed by atoms with Crippen LogP contribution in [0.4, 0.5) is 11.8 Å². The van der Waals surface area contributed by atoms with Gasteiger partial charge in [0, 0.05) is 13.6 Å². The van der Waals surface area contributed by atoms with Gasteiger partial charge in [-0.05, 0) is 6.92 Å². The highest BCUT2D eigenvalue weighted by molar-refractivity contribution is 6.01. The van der Waals surface area contributed by atoms with Gasteiger partial charge in [-0.25, -0.2) is 9.67 Å². The molecule has 2 heterocycles. The third-order valence-electron chi connectivity index (χ3n) is 2.16. The van der Waals surface area contributed by atoms with Crippen molar-refractivity contribution in [3.8, 4) is 0 Å². The number of amides is 1. The van der Waals surface area contributed by atoms with E-state index in [0.29, 0.717) is 18.3 Å². The van der Waals surface area contributed by atoms with Gasteiger partial charge in [0.05, 0.1) is 12.4 Å². The van der Waals surface area contributed by atoms with Crippen molar-refractivity contribution in [2.75, 3.05) is 17.2 Å². The Morgan fingerprint density at radius 1 is 1.44 bits per heavy atom. The Balaban J connectivity index is 2.14. The second kappa shape index (κ2) is 5.21. The van der Waals surface area contributed by atoms with Crippen molar-refractivity contribution in [1.82, 2.24) is 24.7 Å². The predicted molar refractivity (Wildman–Crippen MR) is 65.2 cm³/mol. The highest BCUT2D eigenvalue weighted by atomic mass is 16.2. The number of aryl methyl sites for hydroxylation is 1. The molecule has 1 amide bonds. The second-order valence-electron chi connectivity index (χ2n) is 3.48. The number of rotatable bonds is 4. The van der Waals surface area contributed by atoms with Crippen molar-refractivity contribution in [3.63, 3.8) is 0 Å². The largest absolute Gasteiger partial charge is 0.369 e. The van der Waals surface area contributed by atoms with E-state index in [9.17, 15) is 4.79 Å². The molecular formula is C10H13N7O. The molecule has 94 valence electrons. The van der Waals surface area contributed by atoms with Crippen molar-refractivity contribution in [1.29, 1.82) is 0 Å². The molecule has 2 aromatic heterocycles. The minimum Gasteiger partial charge on any atom is -0.369 e. The summed E-state index contributed by atoms with van der Waals surface area (Å²) in [4.78, 5) is 23.9. The van der Waals surface area contributed by atoms with Crippen molar-refractivity contribution < 1.29 is 4.79 Å². The van der Waals surface area contributed by atoms with Gasteiger partial charge in [-0.2, -0.15) is 10.1 Å². The molecule has 8 nitrogen and oxygen atoms in total. The van der Waals surface area contributed by atoms with Crippen LogP contribution < -0.4 is 10.6 Å². The average molecular weight is 247 g/mol. The zero-order valence-corrected chi connectivity index (χ0v) is 10.1. The van der Waals surface area contributed by atoms with E-state index >= 15 is 0 Å². The number of nitrogens with zero attached hydrogens (tertiary/aromatic N) is 5. The Kier molecular flexibility index (Phi) is 3.46. The van der Waals surface area contributed by atoms with Crippen LogP contribution in [0.25, 0.3) is 0 Å². The van der Waals surface area contributed by atoms with E-state index < -0.39 is 0 Å². The summed E-state index contributed by atoms with van der Waals surface area (Å²) in [6.07, 6.45) is 4.31. The number of carbonyl (C=O) groups is 1. The summed E-state index contributed by atoms with van der Waals surface area (Å²) in [5, 5.41) is 9.43. The molecule has 0 unspecified atom stereocenters. The number of hydrogen-bond acceptors (Lipinski definition) is 6. The summed E-state index contributed by atoms with van der Waals surface area (Å²) in [5.41, 5.74) is 0.219. The lowest BCUT2D eigenvalue weighted by Crippen LogP contribution is -2.17. The van der Waals surface area contributed by atoms with Crippen LogP contribution in [-0.2, 0) is 7.05 Å². The van der Waals surface area contributed by atoms with Gasteiger partial charge in [0.25, 0.3) is 5.91 Å². The molecule has 2 rings (SSSR count). The molecule has 0 aliphatic rings. The van der Waals surface area contributed by atoms with Crippen LogP contribution in [0.5, 0.6) is 0 Å². The highest BCUT2D eigenvalue weighted by Gasteiger charge is 2.11. The maximum absolute atomic E-state index is 11.9. The highest BCUT2D eigenvalue weighted by Crippen LogP contribution is 2.05. The van der Waals surface area contributed by atoms with Crippen LogP contribution >= 0.6 is 0 Å². The van der Waals surface area contributed by atoms with Crippen LogP contribution in [0.2, 0.25) is 0 Å². The maximum atomic E-state index is 11.9. The fraction of sp³-hybridized carbons (Fsp3) is 0.300. The Hall–Kier alpha value is -2.51. The molecule has 2 N–H and O–H groups in total. The summed E-state index contributed by atoms with van der Waals surface area (Å²) < 4.78 is 1.46. The number of nitrogens with one attached hydrogen (secondary N) is 2. The molecule has 18 heavy (non-hydrogen) atoms. The smallest absolute Gasteiger partial charge is 0.278 e. The fourth-order valence-corrected chi connectivity index (χ4v) is 1.32. The van der Waals surface area contributed by atoms with Crippen LogP contribution in [0.1, 0.15) is 17.4 Å². The zero-order valence-electron chi connectivity index (χ0n) is 10.1. The van der Waals surface area contributed by atoms with Gasteiger partial charge in [-0.15, -0.1) is 0 Å². The van der Waals surface area contributed by atoms with E-state index in [1.807, 2.05) is 6.92 Å². The summed E-state index contributed by atoms with van der Waals surface area (Å²) in [5.74, 6) is 0.539. The monoisotopic (exact) mass is 247 g/mol. The van der Waals surface area contributed by atoms with Crippen LogP contribution in [0.15, 0.2) is 18.7 Å². The first-order valence-corrected chi connectivity index (χ1v) is 5.42. The van der Waals surface area contributed by atoms with Crippen molar-refractivity contribution in [3.05, 3.63) is 24.4 Å². The molecule has 0 aromatic carbocycles. The molecule has 2 aromatic rings. The number of anilines is 2. The van der Waals surface area contributed by atoms with E-state index in [2.05, 4.69) is 30.7 Å². The molecule has 0 aliphatic heterocycles. The summed E-state index contributed by atoms with van der Waals surface area (Å²) in [7, 11) is 1.68. The topological polar surface area (TPSA) is 97.6 Å². The molecule has 0 fully saturated rings. The first-order valence-electron chi connectivity index (χ1n) is 5.42. The lowest BCUT2D eigenvalue weighted by molar-refractivity contribution is 0.102. The molecular weight excluding hydrogens is 234 g/mol. The van der Waals surface area contributed by atoms with Crippen molar-refractivity contribution in [2.24, 2.45) is 7.05 Å². The third kappa shape index (κ3) is 2.59. The normalized spacial score (nSPS) is 10.1. The predicted octanol–water partition coefficient (Wildman–Crippen LogP) is 0.289. The number of hydrogen-bond donors (Lipinski definition) is 2. The Bertz CT molecular complexity index is 551. The standard InChI is InChI=1S/C10H13N7O/c1-3-12-8-5-11-4-7(15-8)9(18)16-10-13-6-14-17(10)2/h4-6H,3H2,1-2H3,(H,12,15)(H,13,14,16,18). The fourth-order valence-electron chi connectivity index (χ4n) is 1.32. The quantitative estimate of drug-likeness (QED) is 0.805. The average Bonchev–Trinajstić information content (AvgIpc) is 2.76. The summed E-state index contributed by atoms with van der Waals surface area (Å²) in [6.45, 7) is 2.65. The lowest BCUT2D eigenvalue weighted by atomic mass is 10.4. The Morgan fingerprint density at radius 3 is 2.94 bits per heavy atom. The van der Waals surface area contributed by atoms with E-state index in [4.69, 9.17) is 0 Å². The van der Waals surface area contributed by atoms with Gasteiger partial charge in [0.15, 0.2) is 0 Å². The van der Waals surface area contributed by atoms with E-state index in [1.54, 1.807) is 13.2 Å². The molecule has 0 atom stereocenters. The maximum Gasteiger partial charge on any atom is 0.278 e. The van der Waals surface area contributed by atoms with Crippen LogP contribution in [-0.4, -0.2) is 37.2 Å². The Morgan fingerprint density at radius 2 is 2.28 bits per heavy atom. The minimum atomic E-state index is -0.377. The SMILES string of the molecule is CCNc1cncc(C(=O)Nc2ncnn2C)n1. The van der Waals surface area contributed by atoms with E-state index in [1.165, 1.54) is 17.2 Å². The first kappa shape index (κ1) is 12.0. The molecule has 0 bridgehead atoms. The number of carbonyl (C=O) groups excluding carboxylic acids is 1. The van der Waals surface area contributed by atoms with Gasteiger partial charge in [0.2, 0.25) is 5.95 Å². The van der Waals surface area contributed by atoms with Gasteiger partial charge in [0.1, 0.15) is 17.8 Å². The molecule has 0 saturated carbocycles. The molecule has 0 saturated heterocycles. The van der Waals surface area contributed by atoms with Crippen LogP contribution in [0.3, 0.4) is 0 Å². The summed E-state index contributed by atoms with van der Waals surface area (Å²) >= 11 is 0. The second-order valence-corrected chi connectivity index (χ2v) is 3.48. The number of aromatic nitrogens is 5. The van der Waals surface area contributed by atoms with Crippen molar-refractivity contribution >= 4 is 17.7 Å². The minimum absolute atomic E-state index is 0.219. The first-order chi connectivity index (χ1) is 8.70. The third-order valence-corrected chi connectivity index (χ3v) is 2.16. The van der Waals surface area contributed by atoms with Crippen LogP contribution in [0, 0.1) is 0 Å². The summed E-state index contributed by atoms with van der Waals surface area (Å²) in [6, 6.07) is 0. The van der Waals surface area contributed by atoms with Gasteiger partial charge in [-0.3, -0.25) is 15.1 Å². The van der Waals surface area contributed by atoms with E-state index in [-0.39, 0.29) is 11.6 Å². The zero-order chi connectivity index (χ0) is 13.0. The van der Waals surface area contributed by atoms with Gasteiger partial charge >= 0.3 is 0 Å². The van der Waals surface area contributed by atoms with Gasteiger partial charge in [-0.1, -0.05) is 0 Å². The van der Waals surface area contributed by atoms with Gasteiger partial charge < -0.3 is 5.32 Å². The molecule has 0 aliphatic carbocycles. The molecule has 8 heteroatoms. The van der Waals surface area contributed by atoms with E-state index in [0.717, 1.165) is 0 Å². The van der Waals surface area contributed by atoms with Crippen molar-refractivity contribution in [2.45, 2.75) is 6.92 Å². The Labute approximate surface area is 103 Å². The lowest BCUT2D eigenvalue weighted by Gasteiger charge is -2.05.